The highest BCUT2D eigenvalue weighted by Crippen LogP contribution is 2.12. The number of rotatable bonds is 5. The van der Waals surface area contributed by atoms with E-state index in [-0.39, 0.29) is 5.91 Å². The number of hydrogen-bond donors (Lipinski definition) is 2. The number of anilines is 1. The second-order valence-corrected chi connectivity index (χ2v) is 3.96. The summed E-state index contributed by atoms with van der Waals surface area (Å²) in [6, 6.07) is 7.31. The molecule has 0 aromatic carbocycles. The average Bonchev–Trinajstić information content (AvgIpc) is 2.47. The molecule has 2 rings (SSSR count). The van der Waals surface area contributed by atoms with Gasteiger partial charge in [-0.25, -0.2) is 0 Å². The monoisotopic (exact) mass is 256 g/mol. The molecule has 1 amide bonds. The molecule has 0 saturated heterocycles. The number of nitrogens with zero attached hydrogens (tertiary/aromatic N) is 2. The van der Waals surface area contributed by atoms with Crippen LogP contribution >= 0.6 is 0 Å². The van der Waals surface area contributed by atoms with E-state index in [1.165, 1.54) is 0 Å². The molecule has 5 heteroatoms. The Morgan fingerprint density at radius 2 is 2.16 bits per heavy atom. The van der Waals surface area contributed by atoms with Crippen molar-refractivity contribution in [3.63, 3.8) is 0 Å². The van der Waals surface area contributed by atoms with Crippen LogP contribution in [0.25, 0.3) is 0 Å². The first kappa shape index (κ1) is 13.0. The Kier molecular flexibility index (Phi) is 4.44. The fourth-order valence-corrected chi connectivity index (χ4v) is 1.69. The summed E-state index contributed by atoms with van der Waals surface area (Å²) in [5.74, 6) is -0.135. The summed E-state index contributed by atoms with van der Waals surface area (Å²) in [6.45, 7) is 3.13. The number of pyridine rings is 2. The lowest BCUT2D eigenvalue weighted by molar-refractivity contribution is 0.0951. The van der Waals surface area contributed by atoms with Gasteiger partial charge in [0.25, 0.3) is 5.91 Å². The Morgan fingerprint density at radius 3 is 2.89 bits per heavy atom. The Bertz CT molecular complexity index is 542. The highest BCUT2D eigenvalue weighted by Gasteiger charge is 2.10. The molecular weight excluding hydrogens is 240 g/mol. The zero-order chi connectivity index (χ0) is 13.5. The van der Waals surface area contributed by atoms with Crippen molar-refractivity contribution >= 4 is 11.6 Å². The van der Waals surface area contributed by atoms with E-state index in [0.717, 1.165) is 17.9 Å². The molecule has 0 bridgehead atoms. The van der Waals surface area contributed by atoms with E-state index in [2.05, 4.69) is 20.6 Å². The van der Waals surface area contributed by atoms with Crippen molar-refractivity contribution in [3.8, 4) is 0 Å². The smallest absolute Gasteiger partial charge is 0.253 e. The maximum Gasteiger partial charge on any atom is 0.253 e. The third-order valence-electron chi connectivity index (χ3n) is 2.59. The highest BCUT2D eigenvalue weighted by atomic mass is 16.1. The number of hydrogen-bond acceptors (Lipinski definition) is 4. The molecule has 0 saturated carbocycles. The molecule has 0 spiro atoms. The molecule has 5 nitrogen and oxygen atoms in total. The standard InChI is InChI=1S/C14H16N4O/c1-2-16-13-10-15-8-6-12(13)14(19)18-9-11-5-3-4-7-17-11/h3-8,10,16H,2,9H2,1H3,(H,18,19). The number of carbonyl (C=O) groups excluding carboxylic acids is 1. The van der Waals surface area contributed by atoms with Gasteiger partial charge < -0.3 is 10.6 Å². The van der Waals surface area contributed by atoms with Crippen LogP contribution in [0.5, 0.6) is 0 Å². The predicted octanol–water partition coefficient (Wildman–Crippen LogP) is 1.84. The summed E-state index contributed by atoms with van der Waals surface area (Å²) in [5, 5.41) is 5.96. The number of nitrogens with one attached hydrogen (secondary N) is 2. The molecule has 0 aliphatic heterocycles. The lowest BCUT2D eigenvalue weighted by Gasteiger charge is -2.10. The Hall–Kier alpha value is -2.43. The topological polar surface area (TPSA) is 66.9 Å². The summed E-state index contributed by atoms with van der Waals surface area (Å²) in [7, 11) is 0. The third kappa shape index (κ3) is 3.51. The van der Waals surface area contributed by atoms with Gasteiger partial charge >= 0.3 is 0 Å². The minimum absolute atomic E-state index is 0.135. The van der Waals surface area contributed by atoms with Crippen LogP contribution in [0.3, 0.4) is 0 Å². The van der Waals surface area contributed by atoms with Gasteiger partial charge in [0.05, 0.1) is 29.7 Å². The van der Waals surface area contributed by atoms with Gasteiger partial charge in [0.2, 0.25) is 0 Å². The number of amides is 1. The van der Waals surface area contributed by atoms with Crippen molar-refractivity contribution in [2.45, 2.75) is 13.5 Å². The van der Waals surface area contributed by atoms with Crippen LogP contribution in [0.15, 0.2) is 42.9 Å². The van der Waals surface area contributed by atoms with Gasteiger partial charge in [0, 0.05) is 18.9 Å². The quantitative estimate of drug-likeness (QED) is 0.856. The lowest BCUT2D eigenvalue weighted by Crippen LogP contribution is -2.24. The molecular formula is C14H16N4O. The molecule has 2 aromatic rings. The molecule has 0 aliphatic rings. The zero-order valence-corrected chi connectivity index (χ0v) is 10.8. The van der Waals surface area contributed by atoms with Gasteiger partial charge in [-0.3, -0.25) is 14.8 Å². The van der Waals surface area contributed by atoms with Crippen molar-refractivity contribution in [2.75, 3.05) is 11.9 Å². The minimum Gasteiger partial charge on any atom is -0.383 e. The van der Waals surface area contributed by atoms with Crippen LogP contribution in [-0.2, 0) is 6.54 Å². The van der Waals surface area contributed by atoms with Crippen LogP contribution < -0.4 is 10.6 Å². The van der Waals surface area contributed by atoms with Crippen LogP contribution in [0.1, 0.15) is 23.0 Å². The maximum absolute atomic E-state index is 12.1. The van der Waals surface area contributed by atoms with Crippen molar-refractivity contribution in [1.82, 2.24) is 15.3 Å². The van der Waals surface area contributed by atoms with E-state index in [1.54, 1.807) is 24.7 Å². The molecule has 2 heterocycles. The van der Waals surface area contributed by atoms with E-state index in [0.29, 0.717) is 12.1 Å². The predicted molar refractivity (Wildman–Crippen MR) is 73.8 cm³/mol. The summed E-state index contributed by atoms with van der Waals surface area (Å²) in [4.78, 5) is 20.3. The number of carbonyl (C=O) groups is 1. The van der Waals surface area contributed by atoms with Gasteiger partial charge in [0.15, 0.2) is 0 Å². The summed E-state index contributed by atoms with van der Waals surface area (Å²) >= 11 is 0. The summed E-state index contributed by atoms with van der Waals surface area (Å²) in [6.07, 6.45) is 4.97. The van der Waals surface area contributed by atoms with Crippen LogP contribution in [0.2, 0.25) is 0 Å². The molecule has 0 atom stereocenters. The lowest BCUT2D eigenvalue weighted by atomic mass is 10.2. The second-order valence-electron chi connectivity index (χ2n) is 3.96. The number of aromatic nitrogens is 2. The summed E-state index contributed by atoms with van der Waals surface area (Å²) < 4.78 is 0. The SMILES string of the molecule is CCNc1cnccc1C(=O)NCc1ccccn1. The fraction of sp³-hybridized carbons (Fsp3) is 0.214. The van der Waals surface area contributed by atoms with Crippen LogP contribution in [0.4, 0.5) is 5.69 Å². The molecule has 98 valence electrons. The fourth-order valence-electron chi connectivity index (χ4n) is 1.69. The van der Waals surface area contributed by atoms with E-state index >= 15 is 0 Å². The zero-order valence-electron chi connectivity index (χ0n) is 10.8. The Morgan fingerprint density at radius 1 is 1.26 bits per heavy atom. The van der Waals surface area contributed by atoms with Gasteiger partial charge in [-0.15, -0.1) is 0 Å². The molecule has 2 aromatic heterocycles. The van der Waals surface area contributed by atoms with E-state index in [9.17, 15) is 4.79 Å². The van der Waals surface area contributed by atoms with Crippen molar-refractivity contribution in [3.05, 3.63) is 54.1 Å². The Labute approximate surface area is 112 Å². The van der Waals surface area contributed by atoms with Crippen LogP contribution in [0, 0.1) is 0 Å². The van der Waals surface area contributed by atoms with Gasteiger partial charge in [-0.05, 0) is 25.1 Å². The van der Waals surface area contributed by atoms with E-state index in [4.69, 9.17) is 0 Å². The first-order valence-corrected chi connectivity index (χ1v) is 6.17. The van der Waals surface area contributed by atoms with E-state index < -0.39 is 0 Å². The molecule has 2 N–H and O–H groups in total. The Balaban J connectivity index is 2.04. The third-order valence-corrected chi connectivity index (χ3v) is 2.59. The van der Waals surface area contributed by atoms with Crippen molar-refractivity contribution in [2.24, 2.45) is 0 Å². The largest absolute Gasteiger partial charge is 0.383 e. The van der Waals surface area contributed by atoms with Gasteiger partial charge in [0.1, 0.15) is 0 Å². The normalized spacial score (nSPS) is 9.95. The molecule has 0 aliphatic carbocycles. The van der Waals surface area contributed by atoms with Gasteiger partial charge in [-0.1, -0.05) is 6.07 Å². The van der Waals surface area contributed by atoms with Crippen molar-refractivity contribution in [1.29, 1.82) is 0 Å². The molecule has 0 fully saturated rings. The molecule has 0 unspecified atom stereocenters. The van der Waals surface area contributed by atoms with Gasteiger partial charge in [-0.2, -0.15) is 0 Å². The first-order chi connectivity index (χ1) is 9.31. The molecule has 19 heavy (non-hydrogen) atoms. The first-order valence-electron chi connectivity index (χ1n) is 6.17. The maximum atomic E-state index is 12.1. The van der Waals surface area contributed by atoms with Crippen LogP contribution in [-0.4, -0.2) is 22.4 Å². The second kappa shape index (κ2) is 6.49. The minimum atomic E-state index is -0.135. The highest BCUT2D eigenvalue weighted by molar-refractivity contribution is 5.99. The van der Waals surface area contributed by atoms with E-state index in [1.807, 2.05) is 25.1 Å². The summed E-state index contributed by atoms with van der Waals surface area (Å²) in [5.41, 5.74) is 2.16. The molecule has 0 radical (unpaired) electrons. The van der Waals surface area contributed by atoms with Crippen molar-refractivity contribution < 1.29 is 4.79 Å². The average molecular weight is 256 g/mol.